The molecule has 5 aromatic rings. The lowest BCUT2D eigenvalue weighted by atomic mass is 10.1. The Morgan fingerprint density at radius 1 is 0.973 bits per heavy atom. The molecular formula is C28H22ClN7S. The number of aromatic nitrogens is 5. The van der Waals surface area contributed by atoms with Crippen molar-refractivity contribution < 1.29 is 0 Å². The molecule has 0 atom stereocenters. The molecule has 37 heavy (non-hydrogen) atoms. The molecule has 0 saturated heterocycles. The third-order valence-corrected chi connectivity index (χ3v) is 6.92. The summed E-state index contributed by atoms with van der Waals surface area (Å²) in [6.45, 7) is 2.54. The number of rotatable bonds is 8. The second-order valence-corrected chi connectivity index (χ2v) is 9.63. The zero-order valence-electron chi connectivity index (χ0n) is 20.0. The summed E-state index contributed by atoms with van der Waals surface area (Å²) in [4.78, 5) is 9.47. The molecule has 7 nitrogen and oxygen atoms in total. The Hall–Kier alpha value is -4.19. The number of nitrogens with zero attached hydrogens (tertiary/aromatic N) is 6. The summed E-state index contributed by atoms with van der Waals surface area (Å²) >= 11 is 7.72. The minimum Gasteiger partial charge on any atom is -0.339 e. The van der Waals surface area contributed by atoms with Crippen LogP contribution in [0.4, 0.5) is 11.5 Å². The standard InChI is InChI=1S/C28H22ClN7S/c1-19-9-5-8-14-25(19)31-27-23(15-30)26(20-10-3-2-4-11-20)32-28(33-27)37-18-22-17-36(35-34-22)16-21-12-6-7-13-24(21)29/h2-14,17H,16,18H2,1H3,(H,31,32,33). The van der Waals surface area contributed by atoms with Gasteiger partial charge < -0.3 is 5.32 Å². The predicted molar refractivity (Wildman–Crippen MR) is 147 cm³/mol. The molecule has 0 spiro atoms. The lowest BCUT2D eigenvalue weighted by Crippen LogP contribution is -2.04. The van der Waals surface area contributed by atoms with Crippen molar-refractivity contribution in [3.63, 3.8) is 0 Å². The van der Waals surface area contributed by atoms with Gasteiger partial charge in [0.05, 0.1) is 17.9 Å². The van der Waals surface area contributed by atoms with Gasteiger partial charge in [-0.3, -0.25) is 0 Å². The van der Waals surface area contributed by atoms with Crippen LogP contribution in [-0.4, -0.2) is 25.0 Å². The molecule has 0 amide bonds. The number of hydrogen-bond donors (Lipinski definition) is 1. The minimum absolute atomic E-state index is 0.393. The van der Waals surface area contributed by atoms with Gasteiger partial charge in [-0.15, -0.1) is 5.10 Å². The second-order valence-electron chi connectivity index (χ2n) is 8.28. The van der Waals surface area contributed by atoms with E-state index in [0.717, 1.165) is 28.1 Å². The van der Waals surface area contributed by atoms with Gasteiger partial charge in [0.2, 0.25) is 0 Å². The highest BCUT2D eigenvalue weighted by Gasteiger charge is 2.18. The van der Waals surface area contributed by atoms with E-state index in [4.69, 9.17) is 21.6 Å². The van der Waals surface area contributed by atoms with Gasteiger partial charge >= 0.3 is 0 Å². The number of para-hydroxylation sites is 1. The molecule has 2 heterocycles. The van der Waals surface area contributed by atoms with Crippen LogP contribution in [0, 0.1) is 18.3 Å². The van der Waals surface area contributed by atoms with Crippen molar-refractivity contribution in [2.75, 3.05) is 5.32 Å². The first-order chi connectivity index (χ1) is 18.1. The summed E-state index contributed by atoms with van der Waals surface area (Å²) in [5.41, 5.74) is 5.53. The van der Waals surface area contributed by atoms with Crippen molar-refractivity contribution in [2.24, 2.45) is 0 Å². The van der Waals surface area contributed by atoms with Gasteiger partial charge in [-0.05, 0) is 30.2 Å². The van der Waals surface area contributed by atoms with E-state index in [0.29, 0.717) is 39.6 Å². The van der Waals surface area contributed by atoms with Gasteiger partial charge in [0, 0.05) is 28.2 Å². The van der Waals surface area contributed by atoms with E-state index in [9.17, 15) is 5.26 Å². The van der Waals surface area contributed by atoms with Gasteiger partial charge in [-0.1, -0.05) is 95.3 Å². The van der Waals surface area contributed by atoms with Crippen LogP contribution in [0.25, 0.3) is 11.3 Å². The molecule has 0 saturated carbocycles. The number of thioether (sulfide) groups is 1. The van der Waals surface area contributed by atoms with Gasteiger partial charge in [0.15, 0.2) is 11.0 Å². The van der Waals surface area contributed by atoms with Crippen molar-refractivity contribution >= 4 is 34.9 Å². The van der Waals surface area contributed by atoms with E-state index < -0.39 is 0 Å². The smallest absolute Gasteiger partial charge is 0.190 e. The van der Waals surface area contributed by atoms with Crippen LogP contribution in [0.15, 0.2) is 90.2 Å². The zero-order valence-corrected chi connectivity index (χ0v) is 21.5. The SMILES string of the molecule is Cc1ccccc1Nc1nc(SCc2cn(Cc3ccccc3Cl)nn2)nc(-c2ccccc2)c1C#N. The third kappa shape index (κ3) is 5.80. The highest BCUT2D eigenvalue weighted by molar-refractivity contribution is 7.98. The summed E-state index contributed by atoms with van der Waals surface area (Å²) in [5.74, 6) is 0.988. The fourth-order valence-corrected chi connectivity index (χ4v) is 4.68. The molecule has 0 aliphatic rings. The Balaban J connectivity index is 1.43. The van der Waals surface area contributed by atoms with Gasteiger partial charge in [0.25, 0.3) is 0 Å². The van der Waals surface area contributed by atoms with Gasteiger partial charge in [0.1, 0.15) is 11.6 Å². The molecule has 1 N–H and O–H groups in total. The molecule has 0 unspecified atom stereocenters. The van der Waals surface area contributed by atoms with Crippen LogP contribution in [0.2, 0.25) is 5.02 Å². The number of benzene rings is 3. The molecule has 0 bridgehead atoms. The molecule has 5 rings (SSSR count). The monoisotopic (exact) mass is 523 g/mol. The number of hydrogen-bond acceptors (Lipinski definition) is 7. The van der Waals surface area contributed by atoms with Crippen LogP contribution < -0.4 is 5.32 Å². The quantitative estimate of drug-likeness (QED) is 0.180. The largest absolute Gasteiger partial charge is 0.339 e. The fourth-order valence-electron chi connectivity index (χ4n) is 3.77. The number of aryl methyl sites for hydroxylation is 1. The Kier molecular flexibility index (Phi) is 7.45. The number of nitriles is 1. The first kappa shape index (κ1) is 24.5. The van der Waals surface area contributed by atoms with E-state index in [2.05, 4.69) is 21.7 Å². The maximum Gasteiger partial charge on any atom is 0.190 e. The van der Waals surface area contributed by atoms with E-state index in [1.54, 1.807) is 4.68 Å². The first-order valence-corrected chi connectivity index (χ1v) is 12.9. The van der Waals surface area contributed by atoms with E-state index in [1.165, 1.54) is 11.8 Å². The van der Waals surface area contributed by atoms with Crippen molar-refractivity contribution in [1.82, 2.24) is 25.0 Å². The summed E-state index contributed by atoms with van der Waals surface area (Å²) in [7, 11) is 0. The maximum atomic E-state index is 10.0. The third-order valence-electron chi connectivity index (χ3n) is 5.67. The second kappa shape index (κ2) is 11.2. The number of halogens is 1. The van der Waals surface area contributed by atoms with Crippen LogP contribution in [0.5, 0.6) is 0 Å². The molecule has 0 aliphatic heterocycles. The molecule has 0 fully saturated rings. The molecule has 9 heteroatoms. The zero-order chi connectivity index (χ0) is 25.6. The van der Waals surface area contributed by atoms with Crippen LogP contribution in [0.3, 0.4) is 0 Å². The lowest BCUT2D eigenvalue weighted by molar-refractivity contribution is 0.649. The van der Waals surface area contributed by atoms with Crippen LogP contribution >= 0.6 is 23.4 Å². The summed E-state index contributed by atoms with van der Waals surface area (Å²) in [5, 5.41) is 23.2. The normalized spacial score (nSPS) is 10.7. The van der Waals surface area contributed by atoms with Crippen molar-refractivity contribution in [1.29, 1.82) is 5.26 Å². The summed E-state index contributed by atoms with van der Waals surface area (Å²) in [6.07, 6.45) is 1.89. The average Bonchev–Trinajstić information content (AvgIpc) is 3.37. The van der Waals surface area contributed by atoms with Gasteiger partial charge in [-0.25, -0.2) is 14.6 Å². The lowest BCUT2D eigenvalue weighted by Gasteiger charge is -2.14. The summed E-state index contributed by atoms with van der Waals surface area (Å²) < 4.78 is 1.76. The molecule has 0 aliphatic carbocycles. The minimum atomic E-state index is 0.393. The van der Waals surface area contributed by atoms with Crippen molar-refractivity contribution in [3.05, 3.63) is 112 Å². The predicted octanol–water partition coefficient (Wildman–Crippen LogP) is 6.65. The maximum absolute atomic E-state index is 10.0. The molecule has 182 valence electrons. The van der Waals surface area contributed by atoms with E-state index >= 15 is 0 Å². The molecule has 0 radical (unpaired) electrons. The Morgan fingerprint density at radius 2 is 1.73 bits per heavy atom. The van der Waals surface area contributed by atoms with E-state index in [-0.39, 0.29) is 0 Å². The van der Waals surface area contributed by atoms with E-state index in [1.807, 2.05) is 92.0 Å². The van der Waals surface area contributed by atoms with Crippen LogP contribution in [-0.2, 0) is 12.3 Å². The highest BCUT2D eigenvalue weighted by atomic mass is 35.5. The van der Waals surface area contributed by atoms with Crippen molar-refractivity contribution in [2.45, 2.75) is 24.4 Å². The average molecular weight is 524 g/mol. The molecule has 3 aromatic carbocycles. The first-order valence-electron chi connectivity index (χ1n) is 11.6. The Labute approximate surface area is 224 Å². The molecular weight excluding hydrogens is 502 g/mol. The summed E-state index contributed by atoms with van der Waals surface area (Å²) in [6, 6.07) is 27.5. The Morgan fingerprint density at radius 3 is 2.51 bits per heavy atom. The highest BCUT2D eigenvalue weighted by Crippen LogP contribution is 2.32. The number of nitrogens with one attached hydrogen (secondary N) is 1. The Bertz CT molecular complexity index is 1580. The van der Waals surface area contributed by atoms with Crippen LogP contribution in [0.1, 0.15) is 22.4 Å². The topological polar surface area (TPSA) is 92.3 Å². The van der Waals surface area contributed by atoms with Gasteiger partial charge in [-0.2, -0.15) is 5.26 Å². The van der Waals surface area contributed by atoms with Crippen molar-refractivity contribution in [3.8, 4) is 17.3 Å². The number of anilines is 2. The fraction of sp³-hybridized carbons (Fsp3) is 0.107. The molecule has 2 aromatic heterocycles.